The molecule has 3 nitrogen and oxygen atoms in total. The second-order valence-electron chi connectivity index (χ2n) is 3.54. The van der Waals surface area contributed by atoms with Gasteiger partial charge in [0.1, 0.15) is 6.61 Å². The predicted molar refractivity (Wildman–Crippen MR) is 53.2 cm³/mol. The fourth-order valence-electron chi connectivity index (χ4n) is 1.06. The molecule has 0 spiro atoms. The van der Waals surface area contributed by atoms with Gasteiger partial charge in [-0.1, -0.05) is 6.92 Å². The molecular weight excluding hydrogens is 225 g/mol. The highest BCUT2D eigenvalue weighted by Crippen LogP contribution is 2.14. The molecule has 0 bridgehead atoms. The van der Waals surface area contributed by atoms with Crippen molar-refractivity contribution in [2.45, 2.75) is 38.5 Å². The first-order valence-corrected chi connectivity index (χ1v) is 5.36. The lowest BCUT2D eigenvalue weighted by Gasteiger charge is -2.11. The van der Waals surface area contributed by atoms with Gasteiger partial charge >= 0.3 is 6.18 Å². The zero-order valence-corrected chi connectivity index (χ0v) is 9.42. The minimum Gasteiger partial charge on any atom is -0.391 e. The molecule has 0 aromatic heterocycles. The van der Waals surface area contributed by atoms with Gasteiger partial charge in [0.05, 0.1) is 12.7 Å². The number of alkyl halides is 3. The van der Waals surface area contributed by atoms with E-state index in [0.29, 0.717) is 19.4 Å². The molecule has 0 fully saturated rings. The molecular formula is C10H19F3O3. The minimum atomic E-state index is -4.27. The normalized spacial score (nSPS) is 14.1. The maximum Gasteiger partial charge on any atom is 0.411 e. The van der Waals surface area contributed by atoms with Crippen molar-refractivity contribution < 1.29 is 27.8 Å². The number of hydrogen-bond acceptors (Lipinski definition) is 3. The Bertz CT molecular complexity index is 162. The van der Waals surface area contributed by atoms with Crippen molar-refractivity contribution in [3.63, 3.8) is 0 Å². The van der Waals surface area contributed by atoms with E-state index in [1.807, 2.05) is 6.92 Å². The Kier molecular flexibility index (Phi) is 8.60. The summed E-state index contributed by atoms with van der Waals surface area (Å²) in [5, 5.41) is 9.33. The molecule has 0 aliphatic carbocycles. The summed E-state index contributed by atoms with van der Waals surface area (Å²) in [6, 6.07) is 0. The summed E-state index contributed by atoms with van der Waals surface area (Å²) >= 11 is 0. The first kappa shape index (κ1) is 15.7. The van der Waals surface area contributed by atoms with Crippen LogP contribution in [-0.2, 0) is 9.47 Å². The van der Waals surface area contributed by atoms with Crippen molar-refractivity contribution in [1.29, 1.82) is 0 Å². The Labute approximate surface area is 93.5 Å². The van der Waals surface area contributed by atoms with Crippen molar-refractivity contribution in [2.75, 3.05) is 26.4 Å². The van der Waals surface area contributed by atoms with Gasteiger partial charge < -0.3 is 14.6 Å². The molecule has 0 radical (unpaired) electrons. The van der Waals surface area contributed by atoms with Crippen LogP contribution in [0.1, 0.15) is 26.2 Å². The minimum absolute atomic E-state index is 0.00431. The number of ether oxygens (including phenoxy) is 2. The van der Waals surface area contributed by atoms with Crippen LogP contribution in [-0.4, -0.2) is 43.8 Å². The molecule has 0 saturated carbocycles. The summed E-state index contributed by atoms with van der Waals surface area (Å²) in [6.45, 7) is 1.55. The molecule has 0 aliphatic rings. The summed E-state index contributed by atoms with van der Waals surface area (Å²) in [7, 11) is 0. The third-order valence-corrected chi connectivity index (χ3v) is 1.75. The van der Waals surface area contributed by atoms with Crippen molar-refractivity contribution in [3.05, 3.63) is 0 Å². The summed E-state index contributed by atoms with van der Waals surface area (Å²) in [5.74, 6) is 0. The molecule has 0 amide bonds. The highest BCUT2D eigenvalue weighted by Gasteiger charge is 2.27. The Morgan fingerprint density at radius 2 is 1.88 bits per heavy atom. The molecule has 16 heavy (non-hydrogen) atoms. The summed E-state index contributed by atoms with van der Waals surface area (Å²) in [4.78, 5) is 0. The fourth-order valence-corrected chi connectivity index (χ4v) is 1.06. The smallest absolute Gasteiger partial charge is 0.391 e. The van der Waals surface area contributed by atoms with Gasteiger partial charge in [-0.05, 0) is 19.3 Å². The molecule has 0 aromatic carbocycles. The van der Waals surface area contributed by atoms with Crippen LogP contribution in [0, 0.1) is 0 Å². The van der Waals surface area contributed by atoms with Gasteiger partial charge in [-0.2, -0.15) is 13.2 Å². The van der Waals surface area contributed by atoms with Gasteiger partial charge in [0.25, 0.3) is 0 Å². The average molecular weight is 244 g/mol. The number of aliphatic hydroxyl groups is 1. The monoisotopic (exact) mass is 244 g/mol. The van der Waals surface area contributed by atoms with Crippen LogP contribution in [0.3, 0.4) is 0 Å². The van der Waals surface area contributed by atoms with E-state index in [1.54, 1.807) is 0 Å². The first-order chi connectivity index (χ1) is 7.45. The van der Waals surface area contributed by atoms with E-state index in [1.165, 1.54) is 0 Å². The van der Waals surface area contributed by atoms with E-state index in [0.717, 1.165) is 6.42 Å². The van der Waals surface area contributed by atoms with Gasteiger partial charge in [-0.25, -0.2) is 0 Å². The number of halogens is 3. The maximum absolute atomic E-state index is 11.7. The van der Waals surface area contributed by atoms with Crippen LogP contribution >= 0.6 is 0 Å². The number of aliphatic hydroxyl groups excluding tert-OH is 1. The Hall–Kier alpha value is -0.330. The lowest BCUT2D eigenvalue weighted by molar-refractivity contribution is -0.174. The lowest BCUT2D eigenvalue weighted by Crippen LogP contribution is -2.19. The van der Waals surface area contributed by atoms with Crippen LogP contribution in [0.4, 0.5) is 13.2 Å². The average Bonchev–Trinajstić information content (AvgIpc) is 2.16. The molecule has 1 N–H and O–H groups in total. The number of hydrogen-bond donors (Lipinski definition) is 1. The molecule has 0 rings (SSSR count). The van der Waals surface area contributed by atoms with Crippen molar-refractivity contribution in [3.8, 4) is 0 Å². The SMILES string of the molecule is CCCOCC(O)CCCOCC(F)(F)F. The van der Waals surface area contributed by atoms with E-state index < -0.39 is 18.9 Å². The molecule has 6 heteroatoms. The Morgan fingerprint density at radius 3 is 2.44 bits per heavy atom. The third kappa shape index (κ3) is 11.7. The highest BCUT2D eigenvalue weighted by atomic mass is 19.4. The van der Waals surface area contributed by atoms with Gasteiger partial charge in [-0.15, -0.1) is 0 Å². The quantitative estimate of drug-likeness (QED) is 0.631. The van der Waals surface area contributed by atoms with Crippen LogP contribution in [0.5, 0.6) is 0 Å². The zero-order chi connectivity index (χ0) is 12.4. The topological polar surface area (TPSA) is 38.7 Å². The Balaban J connectivity index is 3.24. The third-order valence-electron chi connectivity index (χ3n) is 1.75. The standard InChI is InChI=1S/C10H19F3O3/c1-2-5-15-7-9(14)4-3-6-16-8-10(11,12)13/h9,14H,2-8H2,1H3. The molecule has 1 atom stereocenters. The summed E-state index contributed by atoms with van der Waals surface area (Å²) in [6.07, 6.45) is -3.24. The van der Waals surface area contributed by atoms with Gasteiger partial charge in [0.15, 0.2) is 0 Å². The van der Waals surface area contributed by atoms with E-state index >= 15 is 0 Å². The lowest BCUT2D eigenvalue weighted by atomic mass is 10.2. The van der Waals surface area contributed by atoms with E-state index in [9.17, 15) is 18.3 Å². The molecule has 0 aliphatic heterocycles. The molecule has 1 unspecified atom stereocenters. The van der Waals surface area contributed by atoms with Crippen LogP contribution in [0.25, 0.3) is 0 Å². The number of rotatable bonds is 9. The largest absolute Gasteiger partial charge is 0.411 e. The van der Waals surface area contributed by atoms with E-state index in [-0.39, 0.29) is 13.2 Å². The van der Waals surface area contributed by atoms with Crippen molar-refractivity contribution in [1.82, 2.24) is 0 Å². The van der Waals surface area contributed by atoms with Gasteiger partial charge in [0, 0.05) is 13.2 Å². The molecule has 0 aromatic rings. The fraction of sp³-hybridized carbons (Fsp3) is 1.00. The molecule has 0 heterocycles. The molecule has 0 saturated heterocycles. The maximum atomic E-state index is 11.7. The summed E-state index contributed by atoms with van der Waals surface area (Å²) < 4.78 is 44.4. The van der Waals surface area contributed by atoms with Crippen molar-refractivity contribution >= 4 is 0 Å². The predicted octanol–water partition coefficient (Wildman–Crippen LogP) is 2.13. The first-order valence-electron chi connectivity index (χ1n) is 5.36. The van der Waals surface area contributed by atoms with Gasteiger partial charge in [0.2, 0.25) is 0 Å². The second-order valence-corrected chi connectivity index (χ2v) is 3.54. The summed E-state index contributed by atoms with van der Waals surface area (Å²) in [5.41, 5.74) is 0. The van der Waals surface area contributed by atoms with E-state index in [2.05, 4.69) is 4.74 Å². The van der Waals surface area contributed by atoms with Crippen LogP contribution in [0.2, 0.25) is 0 Å². The Morgan fingerprint density at radius 1 is 1.19 bits per heavy atom. The highest BCUT2D eigenvalue weighted by molar-refractivity contribution is 4.54. The van der Waals surface area contributed by atoms with Gasteiger partial charge in [-0.3, -0.25) is 0 Å². The second kappa shape index (κ2) is 8.78. The molecule has 98 valence electrons. The van der Waals surface area contributed by atoms with Crippen LogP contribution < -0.4 is 0 Å². The van der Waals surface area contributed by atoms with Crippen molar-refractivity contribution in [2.24, 2.45) is 0 Å². The van der Waals surface area contributed by atoms with Crippen LogP contribution in [0.15, 0.2) is 0 Å². The zero-order valence-electron chi connectivity index (χ0n) is 9.42. The van der Waals surface area contributed by atoms with E-state index in [4.69, 9.17) is 4.74 Å².